The summed E-state index contributed by atoms with van der Waals surface area (Å²) < 4.78 is 11.2. The van der Waals surface area contributed by atoms with E-state index in [0.29, 0.717) is 23.9 Å². The summed E-state index contributed by atoms with van der Waals surface area (Å²) in [7, 11) is 1.57. The molecule has 0 radical (unpaired) electrons. The van der Waals surface area contributed by atoms with Gasteiger partial charge in [-0.2, -0.15) is 0 Å². The Balaban J connectivity index is 1.93. The van der Waals surface area contributed by atoms with Crippen LogP contribution in [-0.4, -0.2) is 28.7 Å². The van der Waals surface area contributed by atoms with Crippen LogP contribution in [0.4, 0.5) is 0 Å². The number of ether oxygens (including phenoxy) is 2. The smallest absolute Gasteiger partial charge is 0.227 e. The molecule has 2 aromatic rings. The number of nitrogens with one attached hydrogen (secondary N) is 1. The van der Waals surface area contributed by atoms with Crippen LogP contribution < -0.4 is 14.8 Å². The third-order valence-electron chi connectivity index (χ3n) is 3.45. The Morgan fingerprint density at radius 1 is 1.29 bits per heavy atom. The van der Waals surface area contributed by atoms with Crippen LogP contribution in [0.15, 0.2) is 24.5 Å². The standard InChI is InChI=1S/C15H17N3O3/c1-20-14-6-10(8-19)2-3-13(14)21-15-11-7-16-5-4-12(11)17-9-18-15/h2-3,6,9,16,19H,4-5,7-8H2,1H3. The molecule has 1 aliphatic heterocycles. The molecule has 0 amide bonds. The second kappa shape index (κ2) is 6.07. The highest BCUT2D eigenvalue weighted by molar-refractivity contribution is 5.46. The van der Waals surface area contributed by atoms with Crippen molar-refractivity contribution in [3.05, 3.63) is 41.3 Å². The number of benzene rings is 1. The van der Waals surface area contributed by atoms with Gasteiger partial charge in [-0.15, -0.1) is 0 Å². The fourth-order valence-electron chi connectivity index (χ4n) is 2.33. The van der Waals surface area contributed by atoms with Crippen LogP contribution in [0.3, 0.4) is 0 Å². The Morgan fingerprint density at radius 2 is 2.19 bits per heavy atom. The average molecular weight is 287 g/mol. The quantitative estimate of drug-likeness (QED) is 0.885. The van der Waals surface area contributed by atoms with Crippen LogP contribution in [0, 0.1) is 0 Å². The predicted molar refractivity (Wildman–Crippen MR) is 76.4 cm³/mol. The fourth-order valence-corrected chi connectivity index (χ4v) is 2.33. The van der Waals surface area contributed by atoms with E-state index in [1.54, 1.807) is 25.3 Å². The lowest BCUT2D eigenvalue weighted by Crippen LogP contribution is -2.25. The number of nitrogens with zero attached hydrogens (tertiary/aromatic N) is 2. The Bertz CT molecular complexity index is 646. The van der Waals surface area contributed by atoms with Crippen molar-refractivity contribution in [1.29, 1.82) is 0 Å². The summed E-state index contributed by atoms with van der Waals surface area (Å²) in [6, 6.07) is 5.32. The Labute approximate surface area is 122 Å². The molecule has 0 atom stereocenters. The van der Waals surface area contributed by atoms with Crippen molar-refractivity contribution in [2.45, 2.75) is 19.6 Å². The van der Waals surface area contributed by atoms with E-state index in [-0.39, 0.29) is 6.61 Å². The molecule has 3 rings (SSSR count). The van der Waals surface area contributed by atoms with E-state index in [0.717, 1.165) is 29.8 Å². The lowest BCUT2D eigenvalue weighted by molar-refractivity contribution is 0.280. The van der Waals surface area contributed by atoms with E-state index < -0.39 is 0 Å². The van der Waals surface area contributed by atoms with Gasteiger partial charge in [-0.1, -0.05) is 6.07 Å². The van der Waals surface area contributed by atoms with Gasteiger partial charge < -0.3 is 19.9 Å². The highest BCUT2D eigenvalue weighted by atomic mass is 16.5. The van der Waals surface area contributed by atoms with Crippen molar-refractivity contribution in [3.8, 4) is 17.4 Å². The van der Waals surface area contributed by atoms with Crippen molar-refractivity contribution < 1.29 is 14.6 Å². The topological polar surface area (TPSA) is 76.5 Å². The van der Waals surface area contributed by atoms with Crippen molar-refractivity contribution in [2.24, 2.45) is 0 Å². The van der Waals surface area contributed by atoms with Gasteiger partial charge in [0.2, 0.25) is 5.88 Å². The second-order valence-corrected chi connectivity index (χ2v) is 4.78. The minimum atomic E-state index is -0.0382. The van der Waals surface area contributed by atoms with Crippen molar-refractivity contribution in [1.82, 2.24) is 15.3 Å². The summed E-state index contributed by atoms with van der Waals surface area (Å²) in [5, 5.41) is 12.5. The van der Waals surface area contributed by atoms with Gasteiger partial charge in [0, 0.05) is 19.5 Å². The summed E-state index contributed by atoms with van der Waals surface area (Å²) in [5.74, 6) is 1.68. The van der Waals surface area contributed by atoms with Crippen LogP contribution in [-0.2, 0) is 19.6 Å². The lowest BCUT2D eigenvalue weighted by Gasteiger charge is -2.19. The second-order valence-electron chi connectivity index (χ2n) is 4.78. The molecule has 6 nitrogen and oxygen atoms in total. The zero-order valence-corrected chi connectivity index (χ0v) is 11.8. The van der Waals surface area contributed by atoms with Crippen LogP contribution >= 0.6 is 0 Å². The maximum Gasteiger partial charge on any atom is 0.227 e. The largest absolute Gasteiger partial charge is 0.493 e. The molecule has 0 bridgehead atoms. The van der Waals surface area contributed by atoms with Gasteiger partial charge in [-0.05, 0) is 17.7 Å². The number of hydrogen-bond acceptors (Lipinski definition) is 6. The molecule has 0 unspecified atom stereocenters. The summed E-state index contributed by atoms with van der Waals surface area (Å²) >= 11 is 0. The minimum absolute atomic E-state index is 0.0382. The van der Waals surface area contributed by atoms with Crippen LogP contribution in [0.5, 0.6) is 17.4 Å². The summed E-state index contributed by atoms with van der Waals surface area (Å²) in [4.78, 5) is 8.52. The molecule has 0 aliphatic carbocycles. The maximum atomic E-state index is 9.17. The SMILES string of the molecule is COc1cc(CO)ccc1Oc1ncnc2c1CNCC2. The fraction of sp³-hybridized carbons (Fsp3) is 0.333. The van der Waals surface area contributed by atoms with Gasteiger partial charge in [0.15, 0.2) is 11.5 Å². The zero-order valence-electron chi connectivity index (χ0n) is 11.8. The molecule has 110 valence electrons. The van der Waals surface area contributed by atoms with Crippen molar-refractivity contribution in [2.75, 3.05) is 13.7 Å². The van der Waals surface area contributed by atoms with Crippen LogP contribution in [0.1, 0.15) is 16.8 Å². The van der Waals surface area contributed by atoms with Gasteiger partial charge in [0.1, 0.15) is 6.33 Å². The van der Waals surface area contributed by atoms with E-state index in [2.05, 4.69) is 15.3 Å². The molecular formula is C15H17N3O3. The van der Waals surface area contributed by atoms with Gasteiger partial charge in [0.05, 0.1) is 25.0 Å². The molecule has 2 heterocycles. The summed E-state index contributed by atoms with van der Waals surface area (Å²) in [6.07, 6.45) is 2.39. The monoisotopic (exact) mass is 287 g/mol. The number of methoxy groups -OCH3 is 1. The number of hydrogen-bond donors (Lipinski definition) is 2. The molecule has 2 N–H and O–H groups in total. The van der Waals surface area contributed by atoms with Gasteiger partial charge in [-0.25, -0.2) is 9.97 Å². The van der Waals surface area contributed by atoms with Crippen molar-refractivity contribution >= 4 is 0 Å². The van der Waals surface area contributed by atoms with E-state index in [1.165, 1.54) is 6.33 Å². The highest BCUT2D eigenvalue weighted by Crippen LogP contribution is 2.33. The Morgan fingerprint density at radius 3 is 3.00 bits per heavy atom. The molecule has 1 aliphatic rings. The molecule has 1 aromatic heterocycles. The first-order valence-electron chi connectivity index (χ1n) is 6.81. The summed E-state index contributed by atoms with van der Waals surface area (Å²) in [5.41, 5.74) is 2.77. The maximum absolute atomic E-state index is 9.17. The molecule has 0 fully saturated rings. The van der Waals surface area contributed by atoms with Gasteiger partial charge >= 0.3 is 0 Å². The van der Waals surface area contributed by atoms with Gasteiger partial charge in [0.25, 0.3) is 0 Å². The zero-order chi connectivity index (χ0) is 14.7. The molecule has 0 saturated heterocycles. The van der Waals surface area contributed by atoms with E-state index in [4.69, 9.17) is 9.47 Å². The first-order chi connectivity index (χ1) is 10.3. The summed E-state index contributed by atoms with van der Waals surface area (Å²) in [6.45, 7) is 1.57. The lowest BCUT2D eigenvalue weighted by atomic mass is 10.1. The number of aliphatic hydroxyl groups excluding tert-OH is 1. The van der Waals surface area contributed by atoms with E-state index in [9.17, 15) is 5.11 Å². The third kappa shape index (κ3) is 2.81. The predicted octanol–water partition coefficient (Wildman–Crippen LogP) is 1.42. The normalized spacial score (nSPS) is 13.6. The highest BCUT2D eigenvalue weighted by Gasteiger charge is 2.18. The number of rotatable bonds is 4. The van der Waals surface area contributed by atoms with Crippen LogP contribution in [0.2, 0.25) is 0 Å². The van der Waals surface area contributed by atoms with Crippen LogP contribution in [0.25, 0.3) is 0 Å². The van der Waals surface area contributed by atoms with E-state index in [1.807, 2.05) is 0 Å². The Kier molecular flexibility index (Phi) is 3.98. The first-order valence-corrected chi connectivity index (χ1v) is 6.81. The molecular weight excluding hydrogens is 270 g/mol. The number of fused-ring (bicyclic) bond motifs is 1. The molecule has 0 saturated carbocycles. The number of aromatic nitrogens is 2. The molecule has 1 aromatic carbocycles. The average Bonchev–Trinajstić information content (AvgIpc) is 2.55. The number of aliphatic hydroxyl groups is 1. The third-order valence-corrected chi connectivity index (χ3v) is 3.45. The molecule has 6 heteroatoms. The molecule has 0 spiro atoms. The molecule has 21 heavy (non-hydrogen) atoms. The van der Waals surface area contributed by atoms with E-state index >= 15 is 0 Å². The van der Waals surface area contributed by atoms with Crippen molar-refractivity contribution in [3.63, 3.8) is 0 Å². The Hall–Kier alpha value is -2.18. The van der Waals surface area contributed by atoms with Gasteiger partial charge in [-0.3, -0.25) is 0 Å². The minimum Gasteiger partial charge on any atom is -0.493 e. The first kappa shape index (κ1) is 13.8.